The van der Waals surface area contributed by atoms with Crippen LogP contribution in [0.3, 0.4) is 0 Å². The van der Waals surface area contributed by atoms with Crippen molar-refractivity contribution < 1.29 is 9.84 Å². The molecule has 0 aliphatic heterocycles. The van der Waals surface area contributed by atoms with Crippen molar-refractivity contribution in [3.8, 4) is 5.75 Å². The molecule has 0 aliphatic carbocycles. The molecule has 0 fully saturated rings. The molecular weight excluding hydrogens is 178 g/mol. The molecule has 0 aromatic heterocycles. The summed E-state index contributed by atoms with van der Waals surface area (Å²) in [6.07, 6.45) is -0.432. The molecule has 1 unspecified atom stereocenters. The largest absolute Gasteiger partial charge is 0.491 e. The number of hydrogen-bond acceptors (Lipinski definition) is 3. The second kappa shape index (κ2) is 4.86. The highest BCUT2D eigenvalue weighted by Crippen LogP contribution is 2.19. The Morgan fingerprint density at radius 1 is 1.43 bits per heavy atom. The van der Waals surface area contributed by atoms with Crippen LogP contribution in [0.1, 0.15) is 6.92 Å². The van der Waals surface area contributed by atoms with E-state index in [0.717, 1.165) is 11.4 Å². The minimum Gasteiger partial charge on any atom is -0.491 e. The van der Waals surface area contributed by atoms with Gasteiger partial charge in [0.1, 0.15) is 12.4 Å². The predicted octanol–water partition coefficient (Wildman–Crippen LogP) is 1.51. The van der Waals surface area contributed by atoms with E-state index in [1.807, 2.05) is 43.3 Å². The summed E-state index contributed by atoms with van der Waals surface area (Å²) in [4.78, 5) is 2.01. The Morgan fingerprint density at radius 3 is 2.71 bits per heavy atom. The van der Waals surface area contributed by atoms with Crippen molar-refractivity contribution in [1.82, 2.24) is 0 Å². The van der Waals surface area contributed by atoms with Crippen molar-refractivity contribution in [3.05, 3.63) is 24.3 Å². The van der Waals surface area contributed by atoms with Crippen LogP contribution in [0.2, 0.25) is 0 Å². The Bertz CT molecular complexity index is 284. The molecule has 0 radical (unpaired) electrons. The van der Waals surface area contributed by atoms with Crippen molar-refractivity contribution in [1.29, 1.82) is 0 Å². The minimum atomic E-state index is -0.432. The van der Waals surface area contributed by atoms with Gasteiger partial charge in [-0.05, 0) is 19.1 Å². The summed E-state index contributed by atoms with van der Waals surface area (Å²) in [6.45, 7) is 2.03. The highest BCUT2D eigenvalue weighted by Gasteiger charge is 2.00. The maximum Gasteiger partial charge on any atom is 0.121 e. The Labute approximate surface area is 84.9 Å². The van der Waals surface area contributed by atoms with Gasteiger partial charge >= 0.3 is 0 Å². The summed E-state index contributed by atoms with van der Waals surface area (Å²) >= 11 is 0. The molecule has 0 saturated heterocycles. The first-order chi connectivity index (χ1) is 6.59. The van der Waals surface area contributed by atoms with Crippen LogP contribution in [0, 0.1) is 0 Å². The average molecular weight is 195 g/mol. The van der Waals surface area contributed by atoms with Gasteiger partial charge in [0.25, 0.3) is 0 Å². The van der Waals surface area contributed by atoms with Crippen LogP contribution in [0.15, 0.2) is 24.3 Å². The Kier molecular flexibility index (Phi) is 3.77. The third kappa shape index (κ3) is 3.26. The van der Waals surface area contributed by atoms with Gasteiger partial charge in [-0.25, -0.2) is 0 Å². The number of nitrogens with zero attached hydrogens (tertiary/aromatic N) is 1. The first-order valence-corrected chi connectivity index (χ1v) is 4.68. The molecule has 0 heterocycles. The number of aliphatic hydroxyl groups excluding tert-OH is 1. The lowest BCUT2D eigenvalue weighted by Crippen LogP contribution is -2.13. The lowest BCUT2D eigenvalue weighted by molar-refractivity contribution is 0.123. The summed E-state index contributed by atoms with van der Waals surface area (Å²) in [5.74, 6) is 0.789. The van der Waals surface area contributed by atoms with Gasteiger partial charge in [-0.3, -0.25) is 0 Å². The Balaban J connectivity index is 2.64. The molecular formula is C11H17NO2. The molecule has 1 aromatic carbocycles. The molecule has 0 bridgehead atoms. The predicted molar refractivity (Wildman–Crippen MR) is 57.9 cm³/mol. The molecule has 0 amide bonds. The first-order valence-electron chi connectivity index (χ1n) is 4.68. The van der Waals surface area contributed by atoms with E-state index >= 15 is 0 Å². The van der Waals surface area contributed by atoms with Gasteiger partial charge < -0.3 is 14.7 Å². The van der Waals surface area contributed by atoms with Gasteiger partial charge in [-0.15, -0.1) is 0 Å². The average Bonchev–Trinajstić information content (AvgIpc) is 2.15. The van der Waals surface area contributed by atoms with Crippen molar-refractivity contribution in [2.45, 2.75) is 13.0 Å². The van der Waals surface area contributed by atoms with Crippen LogP contribution in [0.4, 0.5) is 5.69 Å². The SMILES string of the molecule is CC(O)COc1cccc(N(C)C)c1. The summed E-state index contributed by atoms with van der Waals surface area (Å²) in [7, 11) is 3.96. The molecule has 0 saturated carbocycles. The quantitative estimate of drug-likeness (QED) is 0.790. The fourth-order valence-corrected chi connectivity index (χ4v) is 1.07. The molecule has 3 heteroatoms. The van der Waals surface area contributed by atoms with E-state index in [4.69, 9.17) is 9.84 Å². The smallest absolute Gasteiger partial charge is 0.121 e. The number of rotatable bonds is 4. The van der Waals surface area contributed by atoms with E-state index < -0.39 is 6.10 Å². The van der Waals surface area contributed by atoms with Gasteiger partial charge in [0.15, 0.2) is 0 Å². The molecule has 3 nitrogen and oxygen atoms in total. The van der Waals surface area contributed by atoms with Crippen LogP contribution in [0.5, 0.6) is 5.75 Å². The highest BCUT2D eigenvalue weighted by molar-refractivity contribution is 5.49. The van der Waals surface area contributed by atoms with Crippen LogP contribution >= 0.6 is 0 Å². The molecule has 0 spiro atoms. The molecule has 1 aromatic rings. The van der Waals surface area contributed by atoms with Crippen LogP contribution < -0.4 is 9.64 Å². The van der Waals surface area contributed by atoms with Crippen molar-refractivity contribution in [2.75, 3.05) is 25.6 Å². The summed E-state index contributed by atoms with van der Waals surface area (Å²) in [5.41, 5.74) is 1.09. The van der Waals surface area contributed by atoms with Crippen molar-refractivity contribution in [2.24, 2.45) is 0 Å². The maximum atomic E-state index is 9.06. The molecule has 1 N–H and O–H groups in total. The fraction of sp³-hybridized carbons (Fsp3) is 0.455. The molecule has 1 rings (SSSR count). The number of ether oxygens (including phenoxy) is 1. The normalized spacial score (nSPS) is 12.3. The number of benzene rings is 1. The summed E-state index contributed by atoms with van der Waals surface area (Å²) in [6, 6.07) is 7.78. The van der Waals surface area contributed by atoms with Crippen LogP contribution in [-0.4, -0.2) is 31.9 Å². The molecule has 14 heavy (non-hydrogen) atoms. The topological polar surface area (TPSA) is 32.7 Å². The monoisotopic (exact) mass is 195 g/mol. The second-order valence-corrected chi connectivity index (χ2v) is 3.55. The van der Waals surface area contributed by atoms with E-state index in [2.05, 4.69) is 0 Å². The Morgan fingerprint density at radius 2 is 2.14 bits per heavy atom. The zero-order valence-corrected chi connectivity index (χ0v) is 8.90. The molecule has 0 aliphatic rings. The van der Waals surface area contributed by atoms with Crippen LogP contribution in [-0.2, 0) is 0 Å². The third-order valence-electron chi connectivity index (χ3n) is 1.83. The number of hydrogen-bond donors (Lipinski definition) is 1. The van der Waals surface area contributed by atoms with E-state index in [1.165, 1.54) is 0 Å². The maximum absolute atomic E-state index is 9.06. The van der Waals surface area contributed by atoms with Crippen molar-refractivity contribution >= 4 is 5.69 Å². The number of aliphatic hydroxyl groups is 1. The van der Waals surface area contributed by atoms with Gasteiger partial charge in [-0.2, -0.15) is 0 Å². The molecule has 1 atom stereocenters. The van der Waals surface area contributed by atoms with E-state index in [9.17, 15) is 0 Å². The minimum absolute atomic E-state index is 0.330. The fourth-order valence-electron chi connectivity index (χ4n) is 1.07. The standard InChI is InChI=1S/C11H17NO2/c1-9(13)8-14-11-6-4-5-10(7-11)12(2)3/h4-7,9,13H,8H2,1-3H3. The summed E-state index contributed by atoms with van der Waals surface area (Å²) < 4.78 is 5.38. The first kappa shape index (κ1) is 10.9. The van der Waals surface area contributed by atoms with Gasteiger partial charge in [0.05, 0.1) is 6.10 Å². The second-order valence-electron chi connectivity index (χ2n) is 3.55. The highest BCUT2D eigenvalue weighted by atomic mass is 16.5. The lowest BCUT2D eigenvalue weighted by atomic mass is 10.3. The molecule has 78 valence electrons. The lowest BCUT2D eigenvalue weighted by Gasteiger charge is -2.14. The Hall–Kier alpha value is -1.22. The third-order valence-corrected chi connectivity index (χ3v) is 1.83. The van der Waals surface area contributed by atoms with Crippen LogP contribution in [0.25, 0.3) is 0 Å². The van der Waals surface area contributed by atoms with Gasteiger partial charge in [-0.1, -0.05) is 6.07 Å². The zero-order chi connectivity index (χ0) is 10.6. The van der Waals surface area contributed by atoms with E-state index in [-0.39, 0.29) is 0 Å². The van der Waals surface area contributed by atoms with E-state index in [0.29, 0.717) is 6.61 Å². The zero-order valence-electron chi connectivity index (χ0n) is 8.90. The van der Waals surface area contributed by atoms with Gasteiger partial charge in [0.2, 0.25) is 0 Å². The van der Waals surface area contributed by atoms with Crippen molar-refractivity contribution in [3.63, 3.8) is 0 Å². The number of anilines is 1. The summed E-state index contributed by atoms with van der Waals surface area (Å²) in [5, 5.41) is 9.06. The van der Waals surface area contributed by atoms with Gasteiger partial charge in [0, 0.05) is 25.8 Å². The van der Waals surface area contributed by atoms with E-state index in [1.54, 1.807) is 6.92 Å².